The molecule has 2 aromatic heterocycles. The third-order valence-electron chi connectivity index (χ3n) is 5.39. The average Bonchev–Trinajstić information content (AvgIpc) is 3.32. The number of ether oxygens (including phenoxy) is 1. The topological polar surface area (TPSA) is 92.5 Å². The number of carbonyl (C=O) groups is 1. The number of halogens is 1. The molecule has 5 rings (SSSR count). The Hall–Kier alpha value is -2.98. The molecule has 0 fully saturated rings. The van der Waals surface area contributed by atoms with Gasteiger partial charge < -0.3 is 20.1 Å². The van der Waals surface area contributed by atoms with Crippen LogP contribution < -0.4 is 15.0 Å². The maximum atomic E-state index is 14.7. The highest BCUT2D eigenvalue weighted by atomic mass is 32.1. The van der Waals surface area contributed by atoms with Gasteiger partial charge in [0.25, 0.3) is 5.91 Å². The first kappa shape index (κ1) is 19.0. The van der Waals surface area contributed by atoms with Gasteiger partial charge in [0.15, 0.2) is 5.13 Å². The van der Waals surface area contributed by atoms with Gasteiger partial charge in [0.05, 0.1) is 29.7 Å². The molecule has 1 amide bonds. The summed E-state index contributed by atoms with van der Waals surface area (Å²) in [5.41, 5.74) is 1.26. The van der Waals surface area contributed by atoms with Crippen LogP contribution in [0.15, 0.2) is 24.5 Å². The van der Waals surface area contributed by atoms with Crippen molar-refractivity contribution in [3.63, 3.8) is 0 Å². The summed E-state index contributed by atoms with van der Waals surface area (Å²) in [5, 5.41) is 18.2. The molecule has 0 spiro atoms. The first-order valence-electron chi connectivity index (χ1n) is 9.49. The van der Waals surface area contributed by atoms with Gasteiger partial charge in [-0.3, -0.25) is 9.48 Å². The molecule has 0 radical (unpaired) electrons. The molecule has 0 saturated carbocycles. The molecule has 156 valence electrons. The highest BCUT2D eigenvalue weighted by Crippen LogP contribution is 2.44. The lowest BCUT2D eigenvalue weighted by atomic mass is 9.91. The summed E-state index contributed by atoms with van der Waals surface area (Å²) in [6, 6.07) is 3.07. The zero-order chi connectivity index (χ0) is 21.2. The Morgan fingerprint density at radius 3 is 2.93 bits per heavy atom. The molecule has 3 aromatic rings. The molecular formula is C20H20FN5O3S. The van der Waals surface area contributed by atoms with E-state index in [4.69, 9.17) is 4.74 Å². The van der Waals surface area contributed by atoms with Gasteiger partial charge in [-0.1, -0.05) is 11.3 Å². The molecule has 4 heterocycles. The van der Waals surface area contributed by atoms with Crippen LogP contribution >= 0.6 is 11.3 Å². The molecule has 0 bridgehead atoms. The van der Waals surface area contributed by atoms with E-state index in [1.807, 2.05) is 4.90 Å². The number of nitrogens with one attached hydrogen (secondary N) is 1. The Kier molecular flexibility index (Phi) is 4.13. The fourth-order valence-electron chi connectivity index (χ4n) is 3.76. The molecule has 8 nitrogen and oxygen atoms in total. The molecule has 30 heavy (non-hydrogen) atoms. The standard InChI is InChI=1S/C20H20FN5O3S/c1-20(2)17(27)15-16(18(28)24-20)30-19(23-15)26-4-5-29-14-7-12(21)11(6-13(14)26)10-8-22-25(3)9-10/h6-9,17,27H,4-5H2,1-3H3,(H,24,28). The summed E-state index contributed by atoms with van der Waals surface area (Å²) in [6.07, 6.45) is 2.42. The van der Waals surface area contributed by atoms with Crippen molar-refractivity contribution >= 4 is 28.1 Å². The van der Waals surface area contributed by atoms with Crippen molar-refractivity contribution in [3.8, 4) is 16.9 Å². The van der Waals surface area contributed by atoms with E-state index in [9.17, 15) is 14.3 Å². The maximum absolute atomic E-state index is 14.7. The van der Waals surface area contributed by atoms with Crippen molar-refractivity contribution in [2.75, 3.05) is 18.1 Å². The van der Waals surface area contributed by atoms with E-state index in [0.29, 0.717) is 51.4 Å². The highest BCUT2D eigenvalue weighted by Gasteiger charge is 2.42. The maximum Gasteiger partial charge on any atom is 0.263 e. The second-order valence-corrected chi connectivity index (χ2v) is 8.97. The number of aliphatic hydroxyl groups is 1. The molecule has 1 atom stereocenters. The Morgan fingerprint density at radius 2 is 2.20 bits per heavy atom. The SMILES string of the molecule is Cn1cc(-c2cc3c(cc2F)OCCN3c2nc3c(s2)C(=O)NC(C)(C)C3O)cn1. The van der Waals surface area contributed by atoms with Crippen molar-refractivity contribution in [1.29, 1.82) is 0 Å². The Balaban J connectivity index is 1.61. The van der Waals surface area contributed by atoms with Gasteiger partial charge in [-0.2, -0.15) is 5.10 Å². The molecule has 2 aliphatic heterocycles. The fourth-order valence-corrected chi connectivity index (χ4v) is 4.79. The van der Waals surface area contributed by atoms with Gasteiger partial charge >= 0.3 is 0 Å². The molecule has 1 unspecified atom stereocenters. The van der Waals surface area contributed by atoms with Crippen molar-refractivity contribution in [2.24, 2.45) is 7.05 Å². The second kappa shape index (κ2) is 6.51. The number of carbonyl (C=O) groups excluding carboxylic acids is 1. The lowest BCUT2D eigenvalue weighted by molar-refractivity contribution is 0.0533. The number of aliphatic hydroxyl groups excluding tert-OH is 1. The van der Waals surface area contributed by atoms with Gasteiger partial charge in [0, 0.05) is 30.4 Å². The number of thiazole rings is 1. The zero-order valence-corrected chi connectivity index (χ0v) is 17.5. The molecule has 1 aromatic carbocycles. The minimum atomic E-state index is -0.921. The predicted octanol–water partition coefficient (Wildman–Crippen LogP) is 2.77. The summed E-state index contributed by atoms with van der Waals surface area (Å²) in [6.45, 7) is 4.34. The van der Waals surface area contributed by atoms with Gasteiger partial charge in [-0.05, 0) is 19.9 Å². The van der Waals surface area contributed by atoms with Crippen molar-refractivity contribution in [1.82, 2.24) is 20.1 Å². The third-order valence-corrected chi connectivity index (χ3v) is 6.48. The van der Waals surface area contributed by atoms with Crippen LogP contribution in [0.2, 0.25) is 0 Å². The van der Waals surface area contributed by atoms with Crippen LogP contribution in [0.3, 0.4) is 0 Å². The fraction of sp³-hybridized carbons (Fsp3) is 0.350. The van der Waals surface area contributed by atoms with E-state index in [2.05, 4.69) is 15.4 Å². The number of hydrogen-bond donors (Lipinski definition) is 2. The first-order chi connectivity index (χ1) is 14.2. The number of aryl methyl sites for hydroxylation is 1. The minimum absolute atomic E-state index is 0.257. The molecule has 2 aliphatic rings. The third kappa shape index (κ3) is 2.86. The average molecular weight is 429 g/mol. The molecule has 0 saturated heterocycles. The predicted molar refractivity (Wildman–Crippen MR) is 110 cm³/mol. The number of anilines is 2. The second-order valence-electron chi connectivity index (χ2n) is 7.99. The van der Waals surface area contributed by atoms with Crippen LogP contribution in [0.5, 0.6) is 5.75 Å². The first-order valence-corrected chi connectivity index (χ1v) is 10.3. The lowest BCUT2D eigenvalue weighted by Gasteiger charge is -2.34. The van der Waals surface area contributed by atoms with Crippen molar-refractivity contribution in [3.05, 3.63) is 40.9 Å². The van der Waals surface area contributed by atoms with E-state index in [-0.39, 0.29) is 5.91 Å². The number of fused-ring (bicyclic) bond motifs is 2. The van der Waals surface area contributed by atoms with Crippen LogP contribution in [-0.2, 0) is 7.05 Å². The summed E-state index contributed by atoms with van der Waals surface area (Å²) >= 11 is 1.21. The Bertz CT molecular complexity index is 1170. The van der Waals surface area contributed by atoms with Crippen molar-refractivity contribution in [2.45, 2.75) is 25.5 Å². The number of aromatic nitrogens is 3. The summed E-state index contributed by atoms with van der Waals surface area (Å²) < 4.78 is 22.0. The Labute approximate surface area is 175 Å². The largest absolute Gasteiger partial charge is 0.489 e. The van der Waals surface area contributed by atoms with E-state index >= 15 is 0 Å². The van der Waals surface area contributed by atoms with Crippen LogP contribution in [0.4, 0.5) is 15.2 Å². The number of rotatable bonds is 2. The normalized spacial score (nSPS) is 19.7. The lowest BCUT2D eigenvalue weighted by Crippen LogP contribution is -2.51. The monoisotopic (exact) mass is 429 g/mol. The van der Waals surface area contributed by atoms with E-state index in [1.54, 1.807) is 44.0 Å². The quantitative estimate of drug-likeness (QED) is 0.651. The molecule has 2 N–H and O–H groups in total. The molecule has 0 aliphatic carbocycles. The number of hydrogen-bond acceptors (Lipinski definition) is 7. The number of nitrogens with zero attached hydrogens (tertiary/aromatic N) is 4. The van der Waals surface area contributed by atoms with Crippen LogP contribution in [0, 0.1) is 5.82 Å². The van der Waals surface area contributed by atoms with Gasteiger partial charge in [0.1, 0.15) is 29.2 Å². The highest BCUT2D eigenvalue weighted by molar-refractivity contribution is 7.17. The minimum Gasteiger partial charge on any atom is -0.489 e. The van der Waals surface area contributed by atoms with Crippen molar-refractivity contribution < 1.29 is 19.0 Å². The van der Waals surface area contributed by atoms with E-state index < -0.39 is 17.5 Å². The number of benzene rings is 1. The van der Waals surface area contributed by atoms with E-state index in [1.165, 1.54) is 17.4 Å². The summed E-state index contributed by atoms with van der Waals surface area (Å²) in [5.74, 6) is -0.254. The van der Waals surface area contributed by atoms with Gasteiger partial charge in [-0.25, -0.2) is 9.37 Å². The number of amides is 1. The van der Waals surface area contributed by atoms with Gasteiger partial charge in [-0.15, -0.1) is 0 Å². The van der Waals surface area contributed by atoms with E-state index in [0.717, 1.165) is 0 Å². The molecule has 10 heteroatoms. The Morgan fingerprint density at radius 1 is 1.40 bits per heavy atom. The summed E-state index contributed by atoms with van der Waals surface area (Å²) in [4.78, 5) is 19.4. The summed E-state index contributed by atoms with van der Waals surface area (Å²) in [7, 11) is 1.77. The smallest absolute Gasteiger partial charge is 0.263 e. The van der Waals surface area contributed by atoms with Gasteiger partial charge in [0.2, 0.25) is 0 Å². The molecular weight excluding hydrogens is 409 g/mol. The zero-order valence-electron chi connectivity index (χ0n) is 16.6. The van der Waals surface area contributed by atoms with Crippen LogP contribution in [-0.4, -0.2) is 44.5 Å². The van der Waals surface area contributed by atoms with Crippen LogP contribution in [0.25, 0.3) is 11.1 Å². The van der Waals surface area contributed by atoms with Crippen LogP contribution in [0.1, 0.15) is 35.3 Å².